The fraction of sp³-hybridized carbons (Fsp3) is 0.115. The molecule has 2 N–H and O–H groups in total. The van der Waals surface area contributed by atoms with Crippen LogP contribution in [-0.2, 0) is 16.0 Å². The van der Waals surface area contributed by atoms with Gasteiger partial charge >= 0.3 is 0 Å². The van der Waals surface area contributed by atoms with Crippen molar-refractivity contribution in [2.24, 2.45) is 0 Å². The fourth-order valence-corrected chi connectivity index (χ4v) is 4.48. The van der Waals surface area contributed by atoms with E-state index in [1.165, 1.54) is 6.92 Å². The highest BCUT2D eigenvalue weighted by atomic mass is 32.1. The van der Waals surface area contributed by atoms with E-state index in [2.05, 4.69) is 26.7 Å². The second kappa shape index (κ2) is 9.47. The van der Waals surface area contributed by atoms with Gasteiger partial charge < -0.3 is 10.6 Å². The van der Waals surface area contributed by atoms with Gasteiger partial charge in [0, 0.05) is 29.6 Å². The van der Waals surface area contributed by atoms with Crippen molar-refractivity contribution in [3.8, 4) is 17.1 Å². The molecule has 0 aliphatic carbocycles. The molecule has 174 valence electrons. The van der Waals surface area contributed by atoms with Gasteiger partial charge in [0.25, 0.3) is 0 Å². The molecular formula is C26H22N6O2S. The van der Waals surface area contributed by atoms with Crippen molar-refractivity contribution in [1.29, 1.82) is 0 Å². The zero-order chi connectivity index (χ0) is 24.4. The minimum absolute atomic E-state index is 0.0993. The minimum atomic E-state index is -0.191. The first-order valence-electron chi connectivity index (χ1n) is 11.0. The van der Waals surface area contributed by atoms with Crippen molar-refractivity contribution in [2.45, 2.75) is 20.3 Å². The molecule has 0 aliphatic rings. The molecule has 5 aromatic rings. The molecule has 0 unspecified atom stereocenters. The zero-order valence-corrected chi connectivity index (χ0v) is 20.0. The van der Waals surface area contributed by atoms with Crippen LogP contribution in [0.1, 0.15) is 18.3 Å². The van der Waals surface area contributed by atoms with Crippen molar-refractivity contribution in [3.05, 3.63) is 83.6 Å². The van der Waals surface area contributed by atoms with Gasteiger partial charge in [0.05, 0.1) is 33.5 Å². The predicted octanol–water partition coefficient (Wildman–Crippen LogP) is 4.99. The lowest BCUT2D eigenvalue weighted by Crippen LogP contribution is -2.15. The molecule has 0 aliphatic heterocycles. The Labute approximate surface area is 205 Å². The van der Waals surface area contributed by atoms with Crippen LogP contribution < -0.4 is 10.6 Å². The molecule has 0 spiro atoms. The number of rotatable bonds is 6. The quantitative estimate of drug-likeness (QED) is 0.355. The normalized spacial score (nSPS) is 10.9. The van der Waals surface area contributed by atoms with Gasteiger partial charge in [-0.2, -0.15) is 5.10 Å². The molecular weight excluding hydrogens is 460 g/mol. The van der Waals surface area contributed by atoms with E-state index < -0.39 is 0 Å². The highest BCUT2D eigenvalue weighted by molar-refractivity contribution is 7.16. The number of aryl methyl sites for hydroxylation is 1. The van der Waals surface area contributed by atoms with Gasteiger partial charge in [-0.1, -0.05) is 12.1 Å². The number of carbonyl (C=O) groups is 2. The molecule has 5 rings (SSSR count). The van der Waals surface area contributed by atoms with Crippen LogP contribution in [0.2, 0.25) is 0 Å². The molecule has 0 fully saturated rings. The smallest absolute Gasteiger partial charge is 0.230 e. The Morgan fingerprint density at radius 1 is 0.971 bits per heavy atom. The van der Waals surface area contributed by atoms with Gasteiger partial charge in [0.1, 0.15) is 0 Å². The average Bonchev–Trinajstić information content (AvgIpc) is 3.46. The van der Waals surface area contributed by atoms with Gasteiger partial charge in [0.2, 0.25) is 11.8 Å². The second-order valence-electron chi connectivity index (χ2n) is 8.09. The second-order valence-corrected chi connectivity index (χ2v) is 8.97. The molecule has 9 heteroatoms. The Hall–Kier alpha value is -4.37. The number of benzene rings is 2. The van der Waals surface area contributed by atoms with Crippen LogP contribution in [0.25, 0.3) is 27.3 Å². The molecule has 2 aromatic carbocycles. The van der Waals surface area contributed by atoms with E-state index in [1.54, 1.807) is 40.3 Å². The predicted molar refractivity (Wildman–Crippen MR) is 138 cm³/mol. The van der Waals surface area contributed by atoms with Gasteiger partial charge in [-0.3, -0.25) is 9.59 Å². The van der Waals surface area contributed by atoms with Crippen LogP contribution >= 0.6 is 11.3 Å². The molecule has 0 saturated heterocycles. The number of aromatic nitrogens is 4. The summed E-state index contributed by atoms with van der Waals surface area (Å²) in [6.45, 7) is 3.38. The van der Waals surface area contributed by atoms with Crippen LogP contribution in [0.3, 0.4) is 0 Å². The third-order valence-corrected chi connectivity index (χ3v) is 6.10. The molecule has 8 nitrogen and oxygen atoms in total. The lowest BCUT2D eigenvalue weighted by Gasteiger charge is -2.07. The van der Waals surface area contributed by atoms with Crippen LogP contribution in [0.4, 0.5) is 11.4 Å². The first-order chi connectivity index (χ1) is 16.9. The van der Waals surface area contributed by atoms with E-state index in [0.717, 1.165) is 27.2 Å². The third kappa shape index (κ3) is 5.10. The number of pyridine rings is 1. The van der Waals surface area contributed by atoms with Crippen molar-refractivity contribution >= 4 is 44.7 Å². The molecule has 35 heavy (non-hydrogen) atoms. The zero-order valence-electron chi connectivity index (χ0n) is 19.1. The number of thiazole rings is 1. The molecule has 3 heterocycles. The van der Waals surface area contributed by atoms with E-state index in [4.69, 9.17) is 5.10 Å². The van der Waals surface area contributed by atoms with Gasteiger partial charge in [-0.15, -0.1) is 11.3 Å². The van der Waals surface area contributed by atoms with Gasteiger partial charge in [0.15, 0.2) is 5.82 Å². The summed E-state index contributed by atoms with van der Waals surface area (Å²) in [6, 6.07) is 20.7. The summed E-state index contributed by atoms with van der Waals surface area (Å²) in [5.41, 5.74) is 7.40. The first kappa shape index (κ1) is 22.4. The number of hydrogen-bond acceptors (Lipinski definition) is 6. The maximum Gasteiger partial charge on any atom is 0.230 e. The average molecular weight is 483 g/mol. The summed E-state index contributed by atoms with van der Waals surface area (Å²) in [4.78, 5) is 33.0. The van der Waals surface area contributed by atoms with Crippen molar-refractivity contribution in [1.82, 2.24) is 19.7 Å². The largest absolute Gasteiger partial charge is 0.326 e. The van der Waals surface area contributed by atoms with Crippen LogP contribution in [0.15, 0.2) is 72.2 Å². The fourth-order valence-electron chi connectivity index (χ4n) is 3.77. The minimum Gasteiger partial charge on any atom is -0.326 e. The Morgan fingerprint density at radius 3 is 2.49 bits per heavy atom. The summed E-state index contributed by atoms with van der Waals surface area (Å²) in [5.74, 6) is 0.346. The number of nitrogens with one attached hydrogen (secondary N) is 2. The number of anilines is 2. The SMILES string of the molecule is CC(=O)Nc1ccc(NC(=O)Cc2cc(-c3ccc4ncsc4c3)n(-c3cccc(C)n3)n2)cc1. The highest BCUT2D eigenvalue weighted by Gasteiger charge is 2.16. The van der Waals surface area contributed by atoms with Crippen LogP contribution in [0.5, 0.6) is 0 Å². The number of hydrogen-bond donors (Lipinski definition) is 2. The monoisotopic (exact) mass is 482 g/mol. The summed E-state index contributed by atoms with van der Waals surface area (Å²) in [6.07, 6.45) is 0.0993. The number of carbonyl (C=O) groups excluding carboxylic acids is 2. The number of nitrogens with zero attached hydrogens (tertiary/aromatic N) is 4. The molecule has 0 radical (unpaired) electrons. The summed E-state index contributed by atoms with van der Waals surface area (Å²) >= 11 is 1.58. The van der Waals surface area contributed by atoms with Gasteiger partial charge in [-0.25, -0.2) is 14.6 Å². The molecule has 2 amide bonds. The number of amides is 2. The van der Waals surface area contributed by atoms with Crippen molar-refractivity contribution in [3.63, 3.8) is 0 Å². The van der Waals surface area contributed by atoms with E-state index in [-0.39, 0.29) is 18.2 Å². The van der Waals surface area contributed by atoms with Crippen LogP contribution in [0, 0.1) is 6.92 Å². The van der Waals surface area contributed by atoms with E-state index in [0.29, 0.717) is 22.9 Å². The summed E-state index contributed by atoms with van der Waals surface area (Å²) in [7, 11) is 0. The first-order valence-corrected chi connectivity index (χ1v) is 11.9. The summed E-state index contributed by atoms with van der Waals surface area (Å²) in [5, 5.41) is 10.3. The van der Waals surface area contributed by atoms with E-state index >= 15 is 0 Å². The Morgan fingerprint density at radius 2 is 1.74 bits per heavy atom. The van der Waals surface area contributed by atoms with E-state index in [1.807, 2.05) is 48.8 Å². The molecule has 0 atom stereocenters. The molecule has 0 saturated carbocycles. The Bertz CT molecular complexity index is 1540. The highest BCUT2D eigenvalue weighted by Crippen LogP contribution is 2.28. The van der Waals surface area contributed by atoms with Crippen molar-refractivity contribution < 1.29 is 9.59 Å². The Kier molecular flexibility index (Phi) is 6.07. The maximum absolute atomic E-state index is 12.8. The van der Waals surface area contributed by atoms with Gasteiger partial charge in [-0.05, 0) is 61.5 Å². The summed E-state index contributed by atoms with van der Waals surface area (Å²) < 4.78 is 2.86. The lowest BCUT2D eigenvalue weighted by molar-refractivity contribution is -0.116. The van der Waals surface area contributed by atoms with Crippen LogP contribution in [-0.4, -0.2) is 31.6 Å². The Balaban J connectivity index is 1.42. The molecule has 3 aromatic heterocycles. The third-order valence-electron chi connectivity index (χ3n) is 5.31. The molecule has 0 bridgehead atoms. The standard InChI is InChI=1S/C26H22N6O2S/c1-16-4-3-5-25(28-16)32-23(18-6-11-22-24(12-18)35-15-27-22)13-21(31-32)14-26(34)30-20-9-7-19(8-10-20)29-17(2)33/h3-13,15H,14H2,1-2H3,(H,29,33)(H,30,34). The maximum atomic E-state index is 12.8. The lowest BCUT2D eigenvalue weighted by atomic mass is 10.1. The number of fused-ring (bicyclic) bond motifs is 1. The van der Waals surface area contributed by atoms with E-state index in [9.17, 15) is 9.59 Å². The van der Waals surface area contributed by atoms with Crippen molar-refractivity contribution in [2.75, 3.05) is 10.6 Å². The topological polar surface area (TPSA) is 102 Å².